The SMILES string of the molecule is CC(C)c1noc(-c2ccc(F)cc2)c1-c1nc(C(N)=O)cs1. The maximum atomic E-state index is 13.1. The van der Waals surface area contributed by atoms with Crippen molar-refractivity contribution in [3.05, 3.63) is 46.9 Å². The van der Waals surface area contributed by atoms with E-state index in [1.165, 1.54) is 23.5 Å². The number of carbonyl (C=O) groups excluding carboxylic acids is 1. The molecule has 2 aromatic heterocycles. The monoisotopic (exact) mass is 331 g/mol. The molecule has 7 heteroatoms. The average Bonchev–Trinajstić information content (AvgIpc) is 3.14. The van der Waals surface area contributed by atoms with Crippen LogP contribution in [0.3, 0.4) is 0 Å². The Labute approximate surface area is 135 Å². The fraction of sp³-hybridized carbons (Fsp3) is 0.188. The van der Waals surface area contributed by atoms with Crippen molar-refractivity contribution in [2.45, 2.75) is 19.8 Å². The molecule has 0 aliphatic heterocycles. The highest BCUT2D eigenvalue weighted by atomic mass is 32.1. The molecule has 2 heterocycles. The van der Waals surface area contributed by atoms with Gasteiger partial charge in [0, 0.05) is 10.9 Å². The van der Waals surface area contributed by atoms with Gasteiger partial charge in [-0.05, 0) is 30.2 Å². The number of benzene rings is 1. The summed E-state index contributed by atoms with van der Waals surface area (Å²) in [4.78, 5) is 15.5. The van der Waals surface area contributed by atoms with Crippen LogP contribution in [0.25, 0.3) is 21.9 Å². The fourth-order valence-corrected chi connectivity index (χ4v) is 3.06. The lowest BCUT2D eigenvalue weighted by Gasteiger charge is -2.03. The maximum Gasteiger partial charge on any atom is 0.268 e. The molecule has 1 amide bonds. The van der Waals surface area contributed by atoms with Crippen LogP contribution in [0.2, 0.25) is 0 Å². The molecule has 0 bridgehead atoms. The highest BCUT2D eigenvalue weighted by molar-refractivity contribution is 7.13. The van der Waals surface area contributed by atoms with E-state index in [0.29, 0.717) is 21.9 Å². The second kappa shape index (κ2) is 5.92. The zero-order valence-corrected chi connectivity index (χ0v) is 13.4. The van der Waals surface area contributed by atoms with Gasteiger partial charge in [-0.25, -0.2) is 9.37 Å². The minimum atomic E-state index is -0.585. The minimum absolute atomic E-state index is 0.101. The van der Waals surface area contributed by atoms with Crippen molar-refractivity contribution in [3.8, 4) is 21.9 Å². The summed E-state index contributed by atoms with van der Waals surface area (Å²) in [5.74, 6) is -0.314. The number of carbonyl (C=O) groups is 1. The van der Waals surface area contributed by atoms with Crippen molar-refractivity contribution in [2.75, 3.05) is 0 Å². The van der Waals surface area contributed by atoms with Gasteiger partial charge in [0.05, 0.1) is 11.3 Å². The Morgan fingerprint density at radius 2 is 2.00 bits per heavy atom. The Bertz CT molecular complexity index is 853. The summed E-state index contributed by atoms with van der Waals surface area (Å²) in [6.07, 6.45) is 0. The Morgan fingerprint density at radius 1 is 1.30 bits per heavy atom. The number of primary amides is 1. The first-order chi connectivity index (χ1) is 11.0. The van der Waals surface area contributed by atoms with Crippen molar-refractivity contribution >= 4 is 17.2 Å². The number of aromatic nitrogens is 2. The molecule has 2 N–H and O–H groups in total. The van der Waals surface area contributed by atoms with Crippen LogP contribution in [0, 0.1) is 5.82 Å². The quantitative estimate of drug-likeness (QED) is 0.788. The summed E-state index contributed by atoms with van der Waals surface area (Å²) in [7, 11) is 0. The molecular weight excluding hydrogens is 317 g/mol. The molecule has 0 saturated carbocycles. The van der Waals surface area contributed by atoms with E-state index in [9.17, 15) is 9.18 Å². The number of nitrogens with zero attached hydrogens (tertiary/aromatic N) is 2. The summed E-state index contributed by atoms with van der Waals surface area (Å²) in [6, 6.07) is 5.94. The molecule has 3 aromatic rings. The first-order valence-corrected chi connectivity index (χ1v) is 7.86. The zero-order chi connectivity index (χ0) is 16.6. The van der Waals surface area contributed by atoms with Crippen molar-refractivity contribution in [3.63, 3.8) is 0 Å². The van der Waals surface area contributed by atoms with Gasteiger partial charge in [-0.2, -0.15) is 0 Å². The first kappa shape index (κ1) is 15.4. The second-order valence-corrected chi connectivity index (χ2v) is 6.19. The van der Waals surface area contributed by atoms with Crippen LogP contribution in [-0.4, -0.2) is 16.0 Å². The molecule has 5 nitrogen and oxygen atoms in total. The van der Waals surface area contributed by atoms with Gasteiger partial charge >= 0.3 is 0 Å². The molecule has 23 heavy (non-hydrogen) atoms. The molecule has 0 fully saturated rings. The number of amides is 1. The van der Waals surface area contributed by atoms with E-state index >= 15 is 0 Å². The molecule has 118 valence electrons. The van der Waals surface area contributed by atoms with Gasteiger partial charge in [-0.3, -0.25) is 4.79 Å². The van der Waals surface area contributed by atoms with E-state index in [4.69, 9.17) is 10.3 Å². The topological polar surface area (TPSA) is 82.0 Å². The molecule has 0 saturated heterocycles. The van der Waals surface area contributed by atoms with Gasteiger partial charge in [-0.15, -0.1) is 11.3 Å². The molecule has 0 unspecified atom stereocenters. The third kappa shape index (κ3) is 2.87. The Hall–Kier alpha value is -2.54. The van der Waals surface area contributed by atoms with Crippen molar-refractivity contribution in [2.24, 2.45) is 5.73 Å². The Kier molecular flexibility index (Phi) is 3.96. The Morgan fingerprint density at radius 3 is 2.57 bits per heavy atom. The lowest BCUT2D eigenvalue weighted by atomic mass is 10.0. The molecule has 3 rings (SSSR count). The van der Waals surface area contributed by atoms with E-state index in [2.05, 4.69) is 10.1 Å². The van der Waals surface area contributed by atoms with Crippen molar-refractivity contribution < 1.29 is 13.7 Å². The molecule has 0 spiro atoms. The van der Waals surface area contributed by atoms with Crippen LogP contribution in [0.4, 0.5) is 4.39 Å². The van der Waals surface area contributed by atoms with Gasteiger partial charge in [0.15, 0.2) is 5.76 Å². The second-order valence-electron chi connectivity index (χ2n) is 5.34. The number of rotatable bonds is 4. The molecular formula is C16H14FN3O2S. The zero-order valence-electron chi connectivity index (χ0n) is 12.5. The Balaban J connectivity index is 2.17. The standard InChI is InChI=1S/C16H14FN3O2S/c1-8(2)13-12(16-19-11(7-23-16)15(18)21)14(22-20-13)9-3-5-10(17)6-4-9/h3-8H,1-2H3,(H2,18,21). The molecule has 0 radical (unpaired) electrons. The third-order valence-electron chi connectivity index (χ3n) is 3.34. The molecule has 0 aliphatic rings. The smallest absolute Gasteiger partial charge is 0.268 e. The number of halogens is 1. The van der Waals surface area contributed by atoms with E-state index in [1.807, 2.05) is 13.8 Å². The number of nitrogens with two attached hydrogens (primary N) is 1. The van der Waals surface area contributed by atoms with Crippen LogP contribution >= 0.6 is 11.3 Å². The highest BCUT2D eigenvalue weighted by Crippen LogP contribution is 2.39. The lowest BCUT2D eigenvalue weighted by Crippen LogP contribution is -2.11. The van der Waals surface area contributed by atoms with E-state index in [1.54, 1.807) is 17.5 Å². The van der Waals surface area contributed by atoms with Crippen LogP contribution in [0.15, 0.2) is 34.2 Å². The predicted molar refractivity (Wildman–Crippen MR) is 85.6 cm³/mol. The normalized spacial score (nSPS) is 11.1. The summed E-state index contributed by atoms with van der Waals surface area (Å²) in [5.41, 5.74) is 7.60. The molecule has 1 aromatic carbocycles. The molecule has 0 atom stereocenters. The largest absolute Gasteiger partial charge is 0.364 e. The minimum Gasteiger partial charge on any atom is -0.364 e. The highest BCUT2D eigenvalue weighted by Gasteiger charge is 2.24. The van der Waals surface area contributed by atoms with Gasteiger partial charge in [0.1, 0.15) is 16.5 Å². The summed E-state index contributed by atoms with van der Waals surface area (Å²) < 4.78 is 18.6. The van der Waals surface area contributed by atoms with Crippen LogP contribution in [0.5, 0.6) is 0 Å². The van der Waals surface area contributed by atoms with Gasteiger partial charge in [0.25, 0.3) is 5.91 Å². The van der Waals surface area contributed by atoms with E-state index in [0.717, 1.165) is 5.69 Å². The number of thiazole rings is 1. The summed E-state index contributed by atoms with van der Waals surface area (Å²) in [6.45, 7) is 3.97. The summed E-state index contributed by atoms with van der Waals surface area (Å²) >= 11 is 1.29. The van der Waals surface area contributed by atoms with Crippen LogP contribution in [-0.2, 0) is 0 Å². The van der Waals surface area contributed by atoms with Crippen LogP contribution < -0.4 is 5.73 Å². The van der Waals surface area contributed by atoms with Crippen molar-refractivity contribution in [1.29, 1.82) is 0 Å². The predicted octanol–water partition coefficient (Wildman–Crippen LogP) is 3.83. The van der Waals surface area contributed by atoms with Gasteiger partial charge in [-0.1, -0.05) is 19.0 Å². The lowest BCUT2D eigenvalue weighted by molar-refractivity contribution is 0.0996. The van der Waals surface area contributed by atoms with E-state index < -0.39 is 5.91 Å². The number of hydrogen-bond acceptors (Lipinski definition) is 5. The van der Waals surface area contributed by atoms with Crippen molar-refractivity contribution in [1.82, 2.24) is 10.1 Å². The maximum absolute atomic E-state index is 13.1. The summed E-state index contributed by atoms with van der Waals surface area (Å²) in [5, 5.41) is 6.33. The van der Waals surface area contributed by atoms with Gasteiger partial charge in [0.2, 0.25) is 0 Å². The van der Waals surface area contributed by atoms with Gasteiger partial charge < -0.3 is 10.3 Å². The van der Waals surface area contributed by atoms with E-state index in [-0.39, 0.29) is 17.4 Å². The molecule has 0 aliphatic carbocycles. The van der Waals surface area contributed by atoms with Crippen LogP contribution in [0.1, 0.15) is 35.9 Å². The fourth-order valence-electron chi connectivity index (χ4n) is 2.20. The first-order valence-electron chi connectivity index (χ1n) is 6.98. The average molecular weight is 331 g/mol. The third-order valence-corrected chi connectivity index (χ3v) is 4.20. The number of hydrogen-bond donors (Lipinski definition) is 1.